The largest absolute Gasteiger partial charge is 0.441 e. The van der Waals surface area contributed by atoms with Gasteiger partial charge in [-0.15, -0.1) is 0 Å². The van der Waals surface area contributed by atoms with E-state index in [4.69, 9.17) is 4.42 Å². The lowest BCUT2D eigenvalue weighted by atomic mass is 10.2. The summed E-state index contributed by atoms with van der Waals surface area (Å²) in [6, 6.07) is 5.54. The molecule has 1 saturated heterocycles. The molecule has 6 nitrogen and oxygen atoms in total. The van der Waals surface area contributed by atoms with Crippen LogP contribution in [0.1, 0.15) is 12.3 Å². The molecule has 1 unspecified atom stereocenters. The first-order valence-electron chi connectivity index (χ1n) is 8.56. The number of nitrogens with zero attached hydrogens (tertiary/aromatic N) is 2. The number of carbonyl (C=O) groups excluding carboxylic acids is 1. The van der Waals surface area contributed by atoms with Crippen molar-refractivity contribution in [3.63, 3.8) is 0 Å². The molecule has 1 amide bonds. The van der Waals surface area contributed by atoms with E-state index in [1.807, 2.05) is 12.1 Å². The standard InChI is InChI=1S/C17H21F3N4O2/c18-17(19,20)14(24-9-7-21-8-10-24)11-22-15(25)5-6-16-23-12-3-1-2-4-13(12)26-16/h1-4,14,21H,5-11H2,(H,22,25). The van der Waals surface area contributed by atoms with E-state index in [0.29, 0.717) is 43.2 Å². The highest BCUT2D eigenvalue weighted by Gasteiger charge is 2.43. The number of rotatable bonds is 6. The molecule has 1 atom stereocenters. The molecule has 0 radical (unpaired) electrons. The molecule has 0 bridgehead atoms. The van der Waals surface area contributed by atoms with Crippen molar-refractivity contribution in [1.82, 2.24) is 20.5 Å². The Balaban J connectivity index is 1.51. The van der Waals surface area contributed by atoms with Crippen molar-refractivity contribution in [2.45, 2.75) is 25.1 Å². The summed E-state index contributed by atoms with van der Waals surface area (Å²) in [5, 5.41) is 5.42. The Kier molecular flexibility index (Phi) is 5.77. The molecule has 26 heavy (non-hydrogen) atoms. The fourth-order valence-electron chi connectivity index (χ4n) is 2.99. The summed E-state index contributed by atoms with van der Waals surface area (Å²) in [7, 11) is 0. The molecule has 2 aromatic rings. The molecule has 1 fully saturated rings. The summed E-state index contributed by atoms with van der Waals surface area (Å²) in [5.74, 6) is -0.0486. The lowest BCUT2D eigenvalue weighted by Crippen LogP contribution is -2.57. The third-order valence-electron chi connectivity index (χ3n) is 4.37. The summed E-state index contributed by atoms with van der Waals surface area (Å²) >= 11 is 0. The summed E-state index contributed by atoms with van der Waals surface area (Å²) in [5.41, 5.74) is 1.32. The molecule has 0 aliphatic carbocycles. The maximum absolute atomic E-state index is 13.3. The van der Waals surface area contributed by atoms with Crippen LogP contribution in [0.15, 0.2) is 28.7 Å². The van der Waals surface area contributed by atoms with Gasteiger partial charge in [0.05, 0.1) is 0 Å². The molecule has 142 valence electrons. The quantitative estimate of drug-likeness (QED) is 0.810. The Morgan fingerprint density at radius 3 is 2.73 bits per heavy atom. The molecule has 0 saturated carbocycles. The van der Waals surface area contributed by atoms with E-state index in [9.17, 15) is 18.0 Å². The van der Waals surface area contributed by atoms with Gasteiger partial charge in [0.1, 0.15) is 11.6 Å². The molecular formula is C17H21F3N4O2. The van der Waals surface area contributed by atoms with Crippen molar-refractivity contribution in [1.29, 1.82) is 0 Å². The SMILES string of the molecule is O=C(CCc1nc2ccccc2o1)NCC(N1CCNCC1)C(F)(F)F. The van der Waals surface area contributed by atoms with Crippen molar-refractivity contribution in [2.75, 3.05) is 32.7 Å². The van der Waals surface area contributed by atoms with Crippen LogP contribution in [0.3, 0.4) is 0 Å². The van der Waals surface area contributed by atoms with Crippen LogP contribution in [0.25, 0.3) is 11.1 Å². The van der Waals surface area contributed by atoms with Crippen molar-refractivity contribution >= 4 is 17.0 Å². The second-order valence-corrected chi connectivity index (χ2v) is 6.22. The molecule has 2 N–H and O–H groups in total. The van der Waals surface area contributed by atoms with E-state index < -0.39 is 24.7 Å². The zero-order chi connectivity index (χ0) is 18.6. The number of aromatic nitrogens is 1. The lowest BCUT2D eigenvalue weighted by molar-refractivity contribution is -0.184. The maximum atomic E-state index is 13.3. The first kappa shape index (κ1) is 18.7. The van der Waals surface area contributed by atoms with Gasteiger partial charge < -0.3 is 15.1 Å². The minimum Gasteiger partial charge on any atom is -0.441 e. The zero-order valence-corrected chi connectivity index (χ0v) is 14.2. The topological polar surface area (TPSA) is 70.4 Å². The maximum Gasteiger partial charge on any atom is 0.405 e. The van der Waals surface area contributed by atoms with Gasteiger partial charge in [0.25, 0.3) is 0 Å². The van der Waals surface area contributed by atoms with Gasteiger partial charge in [0, 0.05) is 45.6 Å². The van der Waals surface area contributed by atoms with Crippen LogP contribution in [-0.2, 0) is 11.2 Å². The summed E-state index contributed by atoms with van der Waals surface area (Å²) in [4.78, 5) is 17.6. The van der Waals surface area contributed by atoms with Crippen LogP contribution >= 0.6 is 0 Å². The number of oxazole rings is 1. The number of halogens is 3. The molecule has 1 aromatic carbocycles. The Labute approximate surface area is 148 Å². The summed E-state index contributed by atoms with van der Waals surface area (Å²) in [6.45, 7) is 1.19. The first-order chi connectivity index (χ1) is 12.4. The number of alkyl halides is 3. The number of amides is 1. The number of piperazine rings is 1. The number of fused-ring (bicyclic) bond motifs is 1. The minimum absolute atomic E-state index is 0.0267. The van der Waals surface area contributed by atoms with Gasteiger partial charge in [-0.05, 0) is 12.1 Å². The predicted octanol–water partition coefficient (Wildman–Crippen LogP) is 1.71. The van der Waals surface area contributed by atoms with Crippen molar-refractivity contribution in [2.24, 2.45) is 0 Å². The van der Waals surface area contributed by atoms with Crippen LogP contribution in [0, 0.1) is 0 Å². The monoisotopic (exact) mass is 370 g/mol. The molecule has 2 heterocycles. The Hall–Kier alpha value is -2.13. The van der Waals surface area contributed by atoms with Crippen molar-refractivity contribution in [3.05, 3.63) is 30.2 Å². The second-order valence-electron chi connectivity index (χ2n) is 6.22. The average Bonchev–Trinajstić information content (AvgIpc) is 3.03. The highest BCUT2D eigenvalue weighted by atomic mass is 19.4. The van der Waals surface area contributed by atoms with Gasteiger partial charge in [-0.3, -0.25) is 9.69 Å². The molecule has 1 aliphatic rings. The number of benzene rings is 1. The third kappa shape index (κ3) is 4.73. The Morgan fingerprint density at radius 1 is 1.31 bits per heavy atom. The third-order valence-corrected chi connectivity index (χ3v) is 4.37. The molecule has 0 spiro atoms. The molecule has 1 aromatic heterocycles. The van der Waals surface area contributed by atoms with E-state index in [2.05, 4.69) is 15.6 Å². The summed E-state index contributed by atoms with van der Waals surface area (Å²) in [6.07, 6.45) is -4.12. The van der Waals surface area contributed by atoms with E-state index in [1.165, 1.54) is 4.90 Å². The van der Waals surface area contributed by atoms with Gasteiger partial charge in [-0.2, -0.15) is 13.2 Å². The fourth-order valence-corrected chi connectivity index (χ4v) is 2.99. The summed E-state index contributed by atoms with van der Waals surface area (Å²) < 4.78 is 45.4. The van der Waals surface area contributed by atoms with Crippen LogP contribution in [0.5, 0.6) is 0 Å². The number of para-hydroxylation sites is 2. The molecule has 3 rings (SSSR count). The van der Waals surface area contributed by atoms with Gasteiger partial charge >= 0.3 is 6.18 Å². The van der Waals surface area contributed by atoms with E-state index in [1.54, 1.807) is 12.1 Å². The second kappa shape index (κ2) is 8.05. The number of nitrogens with one attached hydrogen (secondary N) is 2. The number of hydrogen-bond acceptors (Lipinski definition) is 5. The number of carbonyl (C=O) groups is 1. The van der Waals surface area contributed by atoms with Crippen LogP contribution < -0.4 is 10.6 Å². The molecular weight excluding hydrogens is 349 g/mol. The normalized spacial score (nSPS) is 17.3. The van der Waals surface area contributed by atoms with Crippen LogP contribution in [0.4, 0.5) is 13.2 Å². The molecule has 1 aliphatic heterocycles. The van der Waals surface area contributed by atoms with Crippen molar-refractivity contribution in [3.8, 4) is 0 Å². The van der Waals surface area contributed by atoms with Gasteiger partial charge in [0.2, 0.25) is 5.91 Å². The van der Waals surface area contributed by atoms with E-state index >= 15 is 0 Å². The smallest absolute Gasteiger partial charge is 0.405 e. The van der Waals surface area contributed by atoms with Gasteiger partial charge in [-0.25, -0.2) is 4.98 Å². The Bertz CT molecular complexity index is 708. The predicted molar refractivity (Wildman–Crippen MR) is 89.6 cm³/mol. The van der Waals surface area contributed by atoms with Crippen LogP contribution in [0.2, 0.25) is 0 Å². The zero-order valence-electron chi connectivity index (χ0n) is 14.2. The highest BCUT2D eigenvalue weighted by Crippen LogP contribution is 2.24. The van der Waals surface area contributed by atoms with Crippen LogP contribution in [-0.4, -0.2) is 60.7 Å². The van der Waals surface area contributed by atoms with Crippen molar-refractivity contribution < 1.29 is 22.4 Å². The Morgan fingerprint density at radius 2 is 2.04 bits per heavy atom. The van der Waals surface area contributed by atoms with E-state index in [0.717, 1.165) is 0 Å². The first-order valence-corrected chi connectivity index (χ1v) is 8.56. The lowest BCUT2D eigenvalue weighted by Gasteiger charge is -2.35. The molecule has 9 heteroatoms. The highest BCUT2D eigenvalue weighted by molar-refractivity contribution is 5.76. The number of hydrogen-bond donors (Lipinski definition) is 2. The number of aryl methyl sites for hydroxylation is 1. The minimum atomic E-state index is -4.38. The van der Waals surface area contributed by atoms with Gasteiger partial charge in [-0.1, -0.05) is 12.1 Å². The van der Waals surface area contributed by atoms with Gasteiger partial charge in [0.15, 0.2) is 11.5 Å². The fraction of sp³-hybridized carbons (Fsp3) is 0.529. The van der Waals surface area contributed by atoms with E-state index in [-0.39, 0.29) is 12.8 Å². The average molecular weight is 370 g/mol.